The predicted octanol–water partition coefficient (Wildman–Crippen LogP) is 4.16. The molecule has 3 saturated heterocycles. The third-order valence-corrected chi connectivity index (χ3v) is 12.9. The van der Waals surface area contributed by atoms with Gasteiger partial charge in [0.15, 0.2) is 11.3 Å². The number of hydrogen-bond acceptors (Lipinski definition) is 11. The molecule has 5 aromatic rings. The summed E-state index contributed by atoms with van der Waals surface area (Å²) in [5, 5.41) is 13.3. The predicted molar refractivity (Wildman–Crippen MR) is 219 cm³/mol. The van der Waals surface area contributed by atoms with Crippen LogP contribution in [0, 0.1) is 5.92 Å². The molecule has 9 rings (SSSR count). The second-order valence-electron chi connectivity index (χ2n) is 16.8. The van der Waals surface area contributed by atoms with Crippen LogP contribution < -0.4 is 26.1 Å². The molecule has 4 aromatic heterocycles. The topological polar surface area (TPSA) is 169 Å². The average Bonchev–Trinajstić information content (AvgIpc) is 3.95. The van der Waals surface area contributed by atoms with Gasteiger partial charge in [-0.15, -0.1) is 0 Å². The van der Waals surface area contributed by atoms with Gasteiger partial charge in [0.2, 0.25) is 11.8 Å². The molecule has 7 heterocycles. The molecule has 62 heavy (non-hydrogen) atoms. The zero-order valence-electron chi connectivity index (χ0n) is 34.4. The van der Waals surface area contributed by atoms with Crippen molar-refractivity contribution in [3.63, 3.8) is 0 Å². The van der Waals surface area contributed by atoms with Gasteiger partial charge < -0.3 is 19.9 Å². The van der Waals surface area contributed by atoms with Crippen LogP contribution >= 0.6 is 0 Å². The monoisotopic (exact) mass is 864 g/mol. The first kappa shape index (κ1) is 41.5. The minimum atomic E-state index is -3.11. The van der Waals surface area contributed by atoms with E-state index in [1.54, 1.807) is 54.4 Å². The summed E-state index contributed by atoms with van der Waals surface area (Å²) in [6, 6.07) is 4.72. The van der Waals surface area contributed by atoms with Crippen LogP contribution in [-0.4, -0.2) is 121 Å². The first-order chi connectivity index (χ1) is 29.8. The van der Waals surface area contributed by atoms with E-state index in [2.05, 4.69) is 25.8 Å². The Labute approximate surface area is 352 Å². The van der Waals surface area contributed by atoms with E-state index in [-0.39, 0.29) is 48.1 Å². The highest BCUT2D eigenvalue weighted by molar-refractivity contribution is 6.08. The number of imide groups is 1. The van der Waals surface area contributed by atoms with Crippen molar-refractivity contribution >= 4 is 51.6 Å². The van der Waals surface area contributed by atoms with E-state index >= 15 is 8.78 Å². The SMILES string of the molecule is CN(C[C@H]1CC[C@H](n2cc(NC(=O)c3cnn4ccc(N5CCOCC5)nc34)c(C(F)F)n2)CC1)C1CCN(c2cccc3c2n(C)c(=O)n3C2CCC(=O)NC2=O)CC1(F)F. The summed E-state index contributed by atoms with van der Waals surface area (Å²) in [4.78, 5) is 61.4. The minimum Gasteiger partial charge on any atom is -0.378 e. The van der Waals surface area contributed by atoms with Crippen molar-refractivity contribution in [1.82, 2.24) is 43.7 Å². The number of aromatic nitrogens is 7. The molecule has 0 bridgehead atoms. The lowest BCUT2D eigenvalue weighted by molar-refractivity contribution is -0.135. The molecule has 4 aliphatic rings. The van der Waals surface area contributed by atoms with Crippen LogP contribution in [0.3, 0.4) is 0 Å². The molecular formula is C41H48F4N12O5. The van der Waals surface area contributed by atoms with E-state index in [0.717, 1.165) is 0 Å². The maximum absolute atomic E-state index is 16.2. The normalized spacial score (nSPS) is 23.5. The zero-order valence-corrected chi connectivity index (χ0v) is 34.4. The van der Waals surface area contributed by atoms with Gasteiger partial charge in [0.1, 0.15) is 17.4 Å². The van der Waals surface area contributed by atoms with E-state index in [1.807, 2.05) is 4.90 Å². The molecule has 1 saturated carbocycles. The number of amides is 3. The molecule has 1 aliphatic carbocycles. The Hall–Kier alpha value is -5.83. The van der Waals surface area contributed by atoms with Crippen LogP contribution in [0.2, 0.25) is 0 Å². The number of carbonyl (C=O) groups is 3. The lowest BCUT2D eigenvalue weighted by Crippen LogP contribution is -2.58. The zero-order chi connectivity index (χ0) is 43.4. The van der Waals surface area contributed by atoms with Crippen molar-refractivity contribution in [2.24, 2.45) is 13.0 Å². The molecule has 17 nitrogen and oxygen atoms in total. The number of imidazole rings is 1. The standard InChI is InChI=1S/C41H48F4N12O5/c1-51(31-12-14-54(23-41(31,44)45)28-4-3-5-29-35(28)52(2)40(61)57(29)30-10-11-33(58)49-39(30)60)21-24-6-8-25(9-7-24)56-22-27(34(50-56)36(42)43)47-38(59)26-20-46-55-15-13-32(48-37(26)55)53-16-18-62-19-17-53/h3-5,13,15,20,22,24-25,30-31,36H,6-12,14,16-19,21,23H2,1-2H3,(H,47,59)(H,49,58,60)/t24-,25-,30?,31?. The van der Waals surface area contributed by atoms with Crippen molar-refractivity contribution in [3.05, 3.63) is 64.6 Å². The molecule has 330 valence electrons. The minimum absolute atomic E-state index is 0.0874. The third kappa shape index (κ3) is 7.68. The first-order valence-electron chi connectivity index (χ1n) is 21.0. The van der Waals surface area contributed by atoms with E-state index in [1.165, 1.54) is 30.7 Å². The van der Waals surface area contributed by atoms with Crippen LogP contribution in [-0.2, 0) is 21.4 Å². The van der Waals surface area contributed by atoms with Gasteiger partial charge in [-0.3, -0.25) is 38.4 Å². The molecule has 3 amide bonds. The van der Waals surface area contributed by atoms with E-state index in [0.29, 0.717) is 87.6 Å². The number of aryl methyl sites for hydroxylation is 1. The summed E-state index contributed by atoms with van der Waals surface area (Å²) in [6.07, 6.45) is 4.47. The Bertz CT molecular complexity index is 2570. The van der Waals surface area contributed by atoms with E-state index < -0.39 is 60.1 Å². The molecule has 3 aliphatic heterocycles. The van der Waals surface area contributed by atoms with Crippen molar-refractivity contribution < 1.29 is 36.7 Å². The Balaban J connectivity index is 0.828. The summed E-state index contributed by atoms with van der Waals surface area (Å²) < 4.78 is 72.0. The van der Waals surface area contributed by atoms with Crippen LogP contribution in [0.25, 0.3) is 16.7 Å². The number of nitrogens with zero attached hydrogens (tertiary/aromatic N) is 10. The van der Waals surface area contributed by atoms with Gasteiger partial charge in [0, 0.05) is 52.0 Å². The molecule has 2 atom stereocenters. The smallest absolute Gasteiger partial charge is 0.329 e. The van der Waals surface area contributed by atoms with Crippen molar-refractivity contribution in [1.29, 1.82) is 0 Å². The van der Waals surface area contributed by atoms with Gasteiger partial charge in [0.25, 0.3) is 18.3 Å². The largest absolute Gasteiger partial charge is 0.378 e. The molecule has 2 N–H and O–H groups in total. The maximum Gasteiger partial charge on any atom is 0.329 e. The quantitative estimate of drug-likeness (QED) is 0.153. The van der Waals surface area contributed by atoms with E-state index in [4.69, 9.17) is 4.74 Å². The number of ether oxygens (including phenoxy) is 1. The van der Waals surface area contributed by atoms with Gasteiger partial charge in [-0.05, 0) is 69.7 Å². The second kappa shape index (κ2) is 16.5. The van der Waals surface area contributed by atoms with Gasteiger partial charge in [0.05, 0.1) is 60.4 Å². The highest BCUT2D eigenvalue weighted by Crippen LogP contribution is 2.39. The molecular weight excluding hydrogens is 817 g/mol. The molecule has 4 fully saturated rings. The maximum atomic E-state index is 16.2. The Kier molecular flexibility index (Phi) is 11.0. The average molecular weight is 865 g/mol. The number of para-hydroxylation sites is 1. The summed E-state index contributed by atoms with van der Waals surface area (Å²) in [5.74, 6) is -3.98. The number of halogens is 4. The van der Waals surface area contributed by atoms with Gasteiger partial charge in [-0.1, -0.05) is 6.07 Å². The molecule has 21 heteroatoms. The van der Waals surface area contributed by atoms with Crippen molar-refractivity contribution in [2.45, 2.75) is 75.4 Å². The number of benzene rings is 1. The summed E-state index contributed by atoms with van der Waals surface area (Å²) in [7, 11) is 3.26. The highest BCUT2D eigenvalue weighted by Gasteiger charge is 2.47. The summed E-state index contributed by atoms with van der Waals surface area (Å²) in [5.41, 5.74) is 0.637. The van der Waals surface area contributed by atoms with Crippen LogP contribution in [0.5, 0.6) is 0 Å². The lowest BCUT2D eigenvalue weighted by atomic mass is 9.85. The Morgan fingerprint density at radius 2 is 1.81 bits per heavy atom. The summed E-state index contributed by atoms with van der Waals surface area (Å²) in [6.45, 7) is 2.55. The Morgan fingerprint density at radius 3 is 2.53 bits per heavy atom. The number of hydrogen-bond donors (Lipinski definition) is 2. The van der Waals surface area contributed by atoms with Crippen LogP contribution in [0.15, 0.2) is 47.7 Å². The summed E-state index contributed by atoms with van der Waals surface area (Å²) >= 11 is 0. The Morgan fingerprint density at radius 1 is 1.03 bits per heavy atom. The van der Waals surface area contributed by atoms with Crippen LogP contribution in [0.1, 0.15) is 79.5 Å². The van der Waals surface area contributed by atoms with Gasteiger partial charge in [-0.25, -0.2) is 31.9 Å². The number of piperidine rings is 2. The third-order valence-electron chi connectivity index (χ3n) is 12.9. The number of carbonyl (C=O) groups excluding carboxylic acids is 3. The molecule has 0 spiro atoms. The number of anilines is 3. The molecule has 2 unspecified atom stereocenters. The number of morpholine rings is 1. The van der Waals surface area contributed by atoms with E-state index in [9.17, 15) is 28.0 Å². The van der Waals surface area contributed by atoms with Gasteiger partial charge >= 0.3 is 5.69 Å². The number of rotatable bonds is 10. The number of nitrogens with one attached hydrogen (secondary N) is 2. The van der Waals surface area contributed by atoms with Gasteiger partial charge in [-0.2, -0.15) is 10.2 Å². The van der Waals surface area contributed by atoms with Crippen LogP contribution in [0.4, 0.5) is 34.8 Å². The number of alkyl halides is 4. The van der Waals surface area contributed by atoms with Crippen molar-refractivity contribution in [2.75, 3.05) is 68.1 Å². The lowest BCUT2D eigenvalue weighted by Gasteiger charge is -2.44. The number of fused-ring (bicyclic) bond motifs is 2. The second-order valence-corrected chi connectivity index (χ2v) is 16.8. The highest BCUT2D eigenvalue weighted by atomic mass is 19.3. The molecule has 1 aromatic carbocycles. The fraction of sp³-hybridized carbons (Fsp3) is 0.537. The first-order valence-corrected chi connectivity index (χ1v) is 21.0. The fourth-order valence-electron chi connectivity index (χ4n) is 9.73. The molecule has 0 radical (unpaired) electrons. The van der Waals surface area contributed by atoms with Crippen molar-refractivity contribution in [3.8, 4) is 0 Å². The fourth-order valence-corrected chi connectivity index (χ4v) is 9.73.